The Hall–Kier alpha value is -2.66. The van der Waals surface area contributed by atoms with E-state index in [1.807, 2.05) is 43.3 Å². The third-order valence-corrected chi connectivity index (χ3v) is 2.85. The summed E-state index contributed by atoms with van der Waals surface area (Å²) < 4.78 is 4.46. The largest absolute Gasteiger partial charge is 0.478 e. The molecule has 1 rings (SSSR count). The zero-order valence-electron chi connectivity index (χ0n) is 14.8. The van der Waals surface area contributed by atoms with Crippen LogP contribution in [0, 0.1) is 0 Å². The normalized spacial score (nSPS) is 10.8. The Labute approximate surface area is 149 Å². The maximum atomic E-state index is 10.8. The van der Waals surface area contributed by atoms with Crippen LogP contribution in [0.1, 0.15) is 32.3 Å². The molecule has 1 aromatic rings. The van der Waals surface area contributed by atoms with Gasteiger partial charge >= 0.3 is 11.9 Å². The first kappa shape index (κ1) is 22.3. The molecule has 5 heteroatoms. The molecule has 0 aliphatic heterocycles. The molecule has 0 heterocycles. The van der Waals surface area contributed by atoms with E-state index in [-0.39, 0.29) is 13.2 Å². The third-order valence-electron chi connectivity index (χ3n) is 2.85. The summed E-state index contributed by atoms with van der Waals surface area (Å²) >= 11 is 0. The van der Waals surface area contributed by atoms with Crippen molar-refractivity contribution in [2.45, 2.75) is 26.7 Å². The van der Waals surface area contributed by atoms with Gasteiger partial charge in [0.1, 0.15) is 6.61 Å². The molecule has 0 radical (unpaired) electrons. The second-order valence-corrected chi connectivity index (χ2v) is 5.16. The van der Waals surface area contributed by atoms with E-state index in [0.29, 0.717) is 17.6 Å². The number of aliphatic hydroxyl groups is 1. The molecule has 0 fully saturated rings. The first-order valence-corrected chi connectivity index (χ1v) is 8.01. The fraction of sp³-hybridized carbons (Fsp3) is 0.300. The van der Waals surface area contributed by atoms with Gasteiger partial charge in [0.05, 0.1) is 6.61 Å². The van der Waals surface area contributed by atoms with Gasteiger partial charge in [-0.1, -0.05) is 68.5 Å². The number of hydrogen-bond acceptors (Lipinski definition) is 4. The Morgan fingerprint density at radius 2 is 1.88 bits per heavy atom. The van der Waals surface area contributed by atoms with Crippen LogP contribution in [0.15, 0.2) is 60.2 Å². The van der Waals surface area contributed by atoms with Gasteiger partial charge in [-0.3, -0.25) is 0 Å². The van der Waals surface area contributed by atoms with Crippen LogP contribution in [0.4, 0.5) is 0 Å². The van der Waals surface area contributed by atoms with E-state index in [1.54, 1.807) is 19.1 Å². The molecule has 0 amide bonds. The number of carboxylic acid groups (broad SMARTS) is 1. The van der Waals surface area contributed by atoms with Gasteiger partial charge in [-0.25, -0.2) is 9.59 Å². The average Bonchev–Trinajstić information content (AvgIpc) is 2.60. The predicted molar refractivity (Wildman–Crippen MR) is 99.0 cm³/mol. The van der Waals surface area contributed by atoms with E-state index in [1.165, 1.54) is 0 Å². The van der Waals surface area contributed by atoms with Crippen molar-refractivity contribution in [2.24, 2.45) is 0 Å². The number of carboxylic acids is 1. The first-order chi connectivity index (χ1) is 11.9. The summed E-state index contributed by atoms with van der Waals surface area (Å²) in [6.07, 6.45) is 6.80. The minimum absolute atomic E-state index is 0.0473. The van der Waals surface area contributed by atoms with Crippen molar-refractivity contribution in [3.05, 3.63) is 65.8 Å². The van der Waals surface area contributed by atoms with Crippen LogP contribution >= 0.6 is 0 Å². The van der Waals surface area contributed by atoms with E-state index in [4.69, 9.17) is 10.2 Å². The molecule has 25 heavy (non-hydrogen) atoms. The maximum Gasteiger partial charge on any atom is 0.333 e. The van der Waals surface area contributed by atoms with Crippen molar-refractivity contribution in [1.82, 2.24) is 0 Å². The number of carbonyl (C=O) groups is 2. The average molecular weight is 346 g/mol. The van der Waals surface area contributed by atoms with Gasteiger partial charge in [0.2, 0.25) is 0 Å². The van der Waals surface area contributed by atoms with Crippen molar-refractivity contribution >= 4 is 18.0 Å². The van der Waals surface area contributed by atoms with Gasteiger partial charge in [-0.15, -0.1) is 0 Å². The number of ether oxygens (including phenoxy) is 1. The van der Waals surface area contributed by atoms with E-state index < -0.39 is 11.9 Å². The second kappa shape index (κ2) is 13.7. The summed E-state index contributed by atoms with van der Waals surface area (Å²) in [7, 11) is 0. The molecule has 0 saturated heterocycles. The molecule has 0 atom stereocenters. The summed E-state index contributed by atoms with van der Waals surface area (Å²) in [5.74, 6) is -1.29. The van der Waals surface area contributed by atoms with Crippen LogP contribution < -0.4 is 0 Å². The highest BCUT2D eigenvalue weighted by molar-refractivity contribution is 5.87. The predicted octanol–water partition coefficient (Wildman–Crippen LogP) is 3.61. The molecule has 0 saturated carbocycles. The molecule has 0 unspecified atom stereocenters. The second-order valence-electron chi connectivity index (χ2n) is 5.16. The molecule has 0 bridgehead atoms. The van der Waals surface area contributed by atoms with Crippen LogP contribution in [-0.4, -0.2) is 35.4 Å². The lowest BCUT2D eigenvalue weighted by Gasteiger charge is -1.99. The van der Waals surface area contributed by atoms with Gasteiger partial charge in [-0.2, -0.15) is 0 Å². The van der Waals surface area contributed by atoms with E-state index in [0.717, 1.165) is 12.0 Å². The molecule has 5 nitrogen and oxygen atoms in total. The number of aliphatic hydroxyl groups excluding tert-OH is 1. The number of aliphatic carboxylic acids is 1. The lowest BCUT2D eigenvalue weighted by molar-refractivity contribution is -0.140. The SMILES string of the molecule is C=C(C)C(=O)OCCO.CCCC(=CC=Cc1ccccc1)C(=O)O. The minimum atomic E-state index is -0.834. The summed E-state index contributed by atoms with van der Waals surface area (Å²) in [4.78, 5) is 21.3. The quantitative estimate of drug-likeness (QED) is 0.427. The van der Waals surface area contributed by atoms with Crippen LogP contribution in [0.3, 0.4) is 0 Å². The fourth-order valence-corrected chi connectivity index (χ4v) is 1.63. The topological polar surface area (TPSA) is 83.8 Å². The first-order valence-electron chi connectivity index (χ1n) is 8.01. The molecular weight excluding hydrogens is 320 g/mol. The molecule has 136 valence electrons. The van der Waals surface area contributed by atoms with Crippen molar-refractivity contribution in [3.63, 3.8) is 0 Å². The van der Waals surface area contributed by atoms with Gasteiger partial charge in [0.25, 0.3) is 0 Å². The highest BCUT2D eigenvalue weighted by Gasteiger charge is 2.03. The van der Waals surface area contributed by atoms with E-state index >= 15 is 0 Å². The minimum Gasteiger partial charge on any atom is -0.478 e. The number of carbonyl (C=O) groups excluding carboxylic acids is 1. The lowest BCUT2D eigenvalue weighted by Crippen LogP contribution is -2.08. The highest BCUT2D eigenvalue weighted by atomic mass is 16.5. The number of allylic oxidation sites excluding steroid dienone is 2. The monoisotopic (exact) mass is 346 g/mol. The third kappa shape index (κ3) is 11.5. The fourth-order valence-electron chi connectivity index (χ4n) is 1.63. The Morgan fingerprint density at radius 1 is 1.24 bits per heavy atom. The summed E-state index contributed by atoms with van der Waals surface area (Å²) in [5.41, 5.74) is 1.87. The number of hydrogen-bond donors (Lipinski definition) is 2. The lowest BCUT2D eigenvalue weighted by atomic mass is 10.1. The Balaban J connectivity index is 0.000000547. The Bertz CT molecular complexity index is 600. The molecule has 2 N–H and O–H groups in total. The molecular formula is C20H26O5. The molecule has 0 aliphatic rings. The van der Waals surface area contributed by atoms with Crippen molar-refractivity contribution in [1.29, 1.82) is 0 Å². The van der Waals surface area contributed by atoms with Gasteiger partial charge in [-0.05, 0) is 18.9 Å². The summed E-state index contributed by atoms with van der Waals surface area (Å²) in [6.45, 7) is 6.78. The van der Waals surface area contributed by atoms with Crippen molar-refractivity contribution in [2.75, 3.05) is 13.2 Å². The Kier molecular flexibility index (Phi) is 12.3. The van der Waals surface area contributed by atoms with Gasteiger partial charge in [0, 0.05) is 11.1 Å². The van der Waals surface area contributed by atoms with E-state index in [9.17, 15) is 9.59 Å². The zero-order chi connectivity index (χ0) is 19.1. The molecule has 0 aromatic heterocycles. The summed E-state index contributed by atoms with van der Waals surface area (Å²) in [6, 6.07) is 9.81. The zero-order valence-corrected chi connectivity index (χ0v) is 14.8. The molecule has 1 aromatic carbocycles. The van der Waals surface area contributed by atoms with Crippen LogP contribution in [0.2, 0.25) is 0 Å². The highest BCUT2D eigenvalue weighted by Crippen LogP contribution is 2.07. The Morgan fingerprint density at radius 3 is 2.36 bits per heavy atom. The van der Waals surface area contributed by atoms with Gasteiger partial charge < -0.3 is 14.9 Å². The van der Waals surface area contributed by atoms with Crippen molar-refractivity contribution < 1.29 is 24.5 Å². The van der Waals surface area contributed by atoms with Crippen LogP contribution in [-0.2, 0) is 14.3 Å². The number of rotatable bonds is 8. The van der Waals surface area contributed by atoms with Crippen LogP contribution in [0.25, 0.3) is 6.08 Å². The van der Waals surface area contributed by atoms with Crippen LogP contribution in [0.5, 0.6) is 0 Å². The number of esters is 1. The molecule has 0 spiro atoms. The van der Waals surface area contributed by atoms with Crippen molar-refractivity contribution in [3.8, 4) is 0 Å². The summed E-state index contributed by atoms with van der Waals surface area (Å²) in [5, 5.41) is 17.1. The van der Waals surface area contributed by atoms with E-state index in [2.05, 4.69) is 11.3 Å². The van der Waals surface area contributed by atoms with Gasteiger partial charge in [0.15, 0.2) is 0 Å². The number of benzene rings is 1. The smallest absolute Gasteiger partial charge is 0.333 e. The molecule has 0 aliphatic carbocycles. The standard InChI is InChI=1S/C14H16O2.C6H10O3/c1-2-7-13(14(15)16)11-6-10-12-8-4-3-5-9-12;1-5(2)6(8)9-4-3-7/h3-6,8-11H,2,7H2,1H3,(H,15,16);7H,1,3-4H2,2H3. The maximum absolute atomic E-state index is 10.8.